The third-order valence-corrected chi connectivity index (χ3v) is 4.95. The monoisotopic (exact) mass is 296 g/mol. The molecule has 110 valence electrons. The molecule has 0 spiro atoms. The van der Waals surface area contributed by atoms with E-state index in [4.69, 9.17) is 4.52 Å². The van der Waals surface area contributed by atoms with Crippen LogP contribution in [0, 0.1) is 5.92 Å². The zero-order chi connectivity index (χ0) is 14.5. The van der Waals surface area contributed by atoms with E-state index in [1.807, 2.05) is 12.2 Å². The van der Waals surface area contributed by atoms with Crippen LogP contribution in [-0.2, 0) is 10.5 Å². The quantitative estimate of drug-likeness (QED) is 0.812. The molecule has 1 aliphatic carbocycles. The highest BCUT2D eigenvalue weighted by Crippen LogP contribution is 2.34. The molecule has 3 atom stereocenters. The Balaban J connectivity index is 2.03. The molecule has 5 nitrogen and oxygen atoms in total. The second-order valence-corrected chi connectivity index (χ2v) is 6.50. The van der Waals surface area contributed by atoms with Gasteiger partial charge in [0.1, 0.15) is 0 Å². The van der Waals surface area contributed by atoms with E-state index in [-0.39, 0.29) is 5.92 Å². The molecule has 1 aromatic heterocycles. The molecule has 1 aromatic rings. The Bertz CT molecular complexity index is 487. The van der Waals surface area contributed by atoms with E-state index in [0.29, 0.717) is 35.6 Å². The summed E-state index contributed by atoms with van der Waals surface area (Å²) in [5.41, 5.74) is 0. The maximum atomic E-state index is 11.3. The van der Waals surface area contributed by atoms with Gasteiger partial charge in [0.25, 0.3) is 0 Å². The normalized spacial score (nSPS) is 23.7. The molecular weight excluding hydrogens is 276 g/mol. The Morgan fingerprint density at radius 3 is 3.00 bits per heavy atom. The molecular formula is C14H20N2O3S. The van der Waals surface area contributed by atoms with Crippen LogP contribution in [-0.4, -0.2) is 26.5 Å². The Morgan fingerprint density at radius 1 is 1.55 bits per heavy atom. The molecule has 0 fully saturated rings. The van der Waals surface area contributed by atoms with E-state index >= 15 is 0 Å². The van der Waals surface area contributed by atoms with Crippen LogP contribution >= 0.6 is 11.8 Å². The minimum atomic E-state index is -0.798. The molecule has 1 unspecified atom stereocenters. The molecule has 1 aliphatic rings. The molecule has 0 aliphatic heterocycles. The van der Waals surface area contributed by atoms with E-state index in [1.54, 1.807) is 11.8 Å². The van der Waals surface area contributed by atoms with Crippen molar-refractivity contribution in [1.29, 1.82) is 0 Å². The molecule has 2 rings (SSSR count). The molecule has 0 saturated heterocycles. The zero-order valence-electron chi connectivity index (χ0n) is 11.8. The third kappa shape index (κ3) is 3.62. The molecule has 0 saturated carbocycles. The first-order valence-corrected chi connectivity index (χ1v) is 7.98. The van der Waals surface area contributed by atoms with Gasteiger partial charge in [-0.3, -0.25) is 4.79 Å². The van der Waals surface area contributed by atoms with Crippen molar-refractivity contribution >= 4 is 17.7 Å². The fourth-order valence-electron chi connectivity index (χ4n) is 2.17. The van der Waals surface area contributed by atoms with E-state index < -0.39 is 11.9 Å². The standard InChI is InChI=1S/C14H20N2O3S/c1-3-9(2)20-8-12-15-13(19-16-12)10-6-4-5-7-11(10)14(17)18/h4-5,9-11H,3,6-8H2,1-2H3,(H,17,18)/t9?,10-,11+/m1/s1. The molecule has 0 aromatic carbocycles. The molecule has 20 heavy (non-hydrogen) atoms. The zero-order valence-corrected chi connectivity index (χ0v) is 12.6. The van der Waals surface area contributed by atoms with Crippen molar-refractivity contribution in [3.8, 4) is 0 Å². The number of nitrogens with zero attached hydrogens (tertiary/aromatic N) is 2. The van der Waals surface area contributed by atoms with Crippen molar-refractivity contribution in [2.45, 2.75) is 50.0 Å². The van der Waals surface area contributed by atoms with Gasteiger partial charge in [0.2, 0.25) is 5.89 Å². The summed E-state index contributed by atoms with van der Waals surface area (Å²) in [5, 5.41) is 13.8. The maximum absolute atomic E-state index is 11.3. The largest absolute Gasteiger partial charge is 0.481 e. The highest BCUT2D eigenvalue weighted by molar-refractivity contribution is 7.99. The van der Waals surface area contributed by atoms with Crippen LogP contribution in [0.25, 0.3) is 0 Å². The van der Waals surface area contributed by atoms with Crippen molar-refractivity contribution in [3.63, 3.8) is 0 Å². The first kappa shape index (κ1) is 15.1. The van der Waals surface area contributed by atoms with Gasteiger partial charge in [0.15, 0.2) is 5.82 Å². The van der Waals surface area contributed by atoms with Gasteiger partial charge in [0.05, 0.1) is 17.6 Å². The van der Waals surface area contributed by atoms with Gasteiger partial charge < -0.3 is 9.63 Å². The lowest BCUT2D eigenvalue weighted by molar-refractivity contribution is -0.142. The fourth-order valence-corrected chi connectivity index (χ4v) is 2.96. The third-order valence-electron chi connectivity index (χ3n) is 3.62. The van der Waals surface area contributed by atoms with Gasteiger partial charge in [-0.05, 0) is 19.3 Å². The van der Waals surface area contributed by atoms with E-state index in [1.165, 1.54) is 0 Å². The average Bonchev–Trinajstić information content (AvgIpc) is 2.93. The van der Waals surface area contributed by atoms with Crippen LogP contribution in [0.1, 0.15) is 50.7 Å². The smallest absolute Gasteiger partial charge is 0.307 e. The fraction of sp³-hybridized carbons (Fsp3) is 0.643. The van der Waals surface area contributed by atoms with Gasteiger partial charge in [-0.2, -0.15) is 16.7 Å². The molecule has 1 N–H and O–H groups in total. The van der Waals surface area contributed by atoms with Gasteiger partial charge in [0, 0.05) is 5.25 Å². The lowest BCUT2D eigenvalue weighted by Crippen LogP contribution is -2.23. The second kappa shape index (κ2) is 6.92. The Kier molecular flexibility index (Phi) is 5.23. The van der Waals surface area contributed by atoms with Crippen molar-refractivity contribution in [3.05, 3.63) is 23.9 Å². The van der Waals surface area contributed by atoms with E-state index in [9.17, 15) is 9.90 Å². The summed E-state index contributed by atoms with van der Waals surface area (Å²) in [4.78, 5) is 15.6. The minimum absolute atomic E-state index is 0.202. The molecule has 6 heteroatoms. The second-order valence-electron chi connectivity index (χ2n) is 5.07. The number of thioether (sulfide) groups is 1. The Labute approximate surface area is 122 Å². The van der Waals surface area contributed by atoms with Gasteiger partial charge in [-0.1, -0.05) is 31.2 Å². The van der Waals surface area contributed by atoms with Crippen molar-refractivity contribution in [1.82, 2.24) is 10.1 Å². The lowest BCUT2D eigenvalue weighted by Gasteiger charge is -2.21. The highest BCUT2D eigenvalue weighted by atomic mass is 32.2. The van der Waals surface area contributed by atoms with Crippen LogP contribution in [0.4, 0.5) is 0 Å². The number of hydrogen-bond acceptors (Lipinski definition) is 5. The lowest BCUT2D eigenvalue weighted by atomic mass is 9.83. The predicted octanol–water partition coefficient (Wildman–Crippen LogP) is 3.24. The van der Waals surface area contributed by atoms with Crippen LogP contribution in [0.3, 0.4) is 0 Å². The SMILES string of the molecule is CCC(C)SCc1noc([C@@H]2CC=CC[C@@H]2C(=O)O)n1. The van der Waals surface area contributed by atoms with Crippen molar-refractivity contribution < 1.29 is 14.4 Å². The Morgan fingerprint density at radius 2 is 2.30 bits per heavy atom. The Hall–Kier alpha value is -1.30. The first-order valence-electron chi connectivity index (χ1n) is 6.93. The molecule has 0 amide bonds. The highest BCUT2D eigenvalue weighted by Gasteiger charge is 2.33. The van der Waals surface area contributed by atoms with Gasteiger partial charge >= 0.3 is 5.97 Å². The summed E-state index contributed by atoms with van der Waals surface area (Å²) in [6, 6.07) is 0. The van der Waals surface area contributed by atoms with Crippen molar-refractivity contribution in [2.75, 3.05) is 0 Å². The number of carboxylic acid groups (broad SMARTS) is 1. The van der Waals surface area contributed by atoms with Crippen LogP contribution in [0.2, 0.25) is 0 Å². The summed E-state index contributed by atoms with van der Waals surface area (Å²) in [6.07, 6.45) is 6.17. The number of allylic oxidation sites excluding steroid dienone is 2. The summed E-state index contributed by atoms with van der Waals surface area (Å²) in [6.45, 7) is 4.31. The molecule has 1 heterocycles. The van der Waals surface area contributed by atoms with Gasteiger partial charge in [-0.15, -0.1) is 0 Å². The molecule has 0 radical (unpaired) electrons. The van der Waals surface area contributed by atoms with Crippen molar-refractivity contribution in [2.24, 2.45) is 5.92 Å². The van der Waals surface area contributed by atoms with Gasteiger partial charge in [-0.25, -0.2) is 0 Å². The number of aromatic nitrogens is 2. The predicted molar refractivity (Wildman–Crippen MR) is 77.6 cm³/mol. The van der Waals surface area contributed by atoms with Crippen LogP contribution < -0.4 is 0 Å². The minimum Gasteiger partial charge on any atom is -0.481 e. The number of carboxylic acids is 1. The summed E-state index contributed by atoms with van der Waals surface area (Å²) >= 11 is 1.78. The topological polar surface area (TPSA) is 76.2 Å². The summed E-state index contributed by atoms with van der Waals surface area (Å²) < 4.78 is 5.28. The average molecular weight is 296 g/mol. The van der Waals surface area contributed by atoms with Crippen LogP contribution in [0.15, 0.2) is 16.7 Å². The number of rotatable bonds is 6. The number of aliphatic carboxylic acids is 1. The van der Waals surface area contributed by atoms with E-state index in [0.717, 1.165) is 6.42 Å². The van der Waals surface area contributed by atoms with E-state index in [2.05, 4.69) is 24.0 Å². The summed E-state index contributed by atoms with van der Waals surface area (Å²) in [5.74, 6) is 0.361. The molecule has 0 bridgehead atoms. The maximum Gasteiger partial charge on any atom is 0.307 e. The number of carbonyl (C=O) groups is 1. The summed E-state index contributed by atoms with van der Waals surface area (Å²) in [7, 11) is 0. The number of hydrogen-bond donors (Lipinski definition) is 1. The first-order chi connectivity index (χ1) is 9.61. The van der Waals surface area contributed by atoms with Crippen LogP contribution in [0.5, 0.6) is 0 Å².